The van der Waals surface area contributed by atoms with Gasteiger partial charge in [-0.2, -0.15) is 0 Å². The number of benzene rings is 2. The SMILES string of the molecule is CCCOc1ccccc1CCCNC(=O)[C@H](C)Oc1ccc(C)c(C)c1. The van der Waals surface area contributed by atoms with E-state index in [1.165, 1.54) is 11.1 Å². The Morgan fingerprint density at radius 1 is 1.11 bits per heavy atom. The van der Waals surface area contributed by atoms with Gasteiger partial charge in [-0.05, 0) is 74.9 Å². The third-order valence-electron chi connectivity index (χ3n) is 4.52. The van der Waals surface area contributed by atoms with Gasteiger partial charge in [0.25, 0.3) is 5.91 Å². The van der Waals surface area contributed by atoms with Gasteiger partial charge in [-0.3, -0.25) is 4.79 Å². The molecule has 0 aromatic heterocycles. The first-order chi connectivity index (χ1) is 13.0. The van der Waals surface area contributed by atoms with Crippen molar-refractivity contribution < 1.29 is 14.3 Å². The van der Waals surface area contributed by atoms with Gasteiger partial charge < -0.3 is 14.8 Å². The molecule has 0 saturated carbocycles. The summed E-state index contributed by atoms with van der Waals surface area (Å²) < 4.78 is 11.5. The molecule has 0 aliphatic heterocycles. The fourth-order valence-electron chi connectivity index (χ4n) is 2.74. The predicted octanol–water partition coefficient (Wildman–Crippen LogP) is 4.61. The average Bonchev–Trinajstić information content (AvgIpc) is 2.67. The van der Waals surface area contributed by atoms with E-state index in [0.29, 0.717) is 6.54 Å². The van der Waals surface area contributed by atoms with E-state index in [9.17, 15) is 4.79 Å². The second kappa shape index (κ2) is 10.6. The molecule has 0 unspecified atom stereocenters. The van der Waals surface area contributed by atoms with Crippen LogP contribution in [0.2, 0.25) is 0 Å². The van der Waals surface area contributed by atoms with Crippen LogP contribution in [0.1, 0.15) is 43.4 Å². The van der Waals surface area contributed by atoms with Crippen LogP contribution in [0, 0.1) is 13.8 Å². The Hall–Kier alpha value is -2.49. The number of para-hydroxylation sites is 1. The van der Waals surface area contributed by atoms with Crippen LogP contribution in [0.3, 0.4) is 0 Å². The van der Waals surface area contributed by atoms with Crippen LogP contribution in [0.4, 0.5) is 0 Å². The molecule has 2 aromatic rings. The summed E-state index contributed by atoms with van der Waals surface area (Å²) in [5.74, 6) is 1.57. The molecule has 0 spiro atoms. The molecule has 1 N–H and O–H groups in total. The number of hydrogen-bond donors (Lipinski definition) is 1. The van der Waals surface area contributed by atoms with Gasteiger partial charge in [0, 0.05) is 6.54 Å². The van der Waals surface area contributed by atoms with E-state index in [2.05, 4.69) is 25.2 Å². The molecule has 0 heterocycles. The van der Waals surface area contributed by atoms with Gasteiger partial charge in [-0.15, -0.1) is 0 Å². The zero-order valence-electron chi connectivity index (χ0n) is 16.9. The summed E-state index contributed by atoms with van der Waals surface area (Å²) in [6, 6.07) is 14.0. The maximum atomic E-state index is 12.3. The van der Waals surface area contributed by atoms with Crippen molar-refractivity contribution in [1.82, 2.24) is 5.32 Å². The third-order valence-corrected chi connectivity index (χ3v) is 4.52. The molecule has 0 fully saturated rings. The molecule has 2 aromatic carbocycles. The summed E-state index contributed by atoms with van der Waals surface area (Å²) >= 11 is 0. The number of nitrogens with one attached hydrogen (secondary N) is 1. The minimum absolute atomic E-state index is 0.0938. The fraction of sp³-hybridized carbons (Fsp3) is 0.435. The van der Waals surface area contributed by atoms with Gasteiger partial charge in [0.15, 0.2) is 6.10 Å². The Bertz CT molecular complexity index is 742. The Morgan fingerprint density at radius 3 is 2.63 bits per heavy atom. The van der Waals surface area contributed by atoms with Crippen molar-refractivity contribution in [2.45, 2.75) is 53.1 Å². The summed E-state index contributed by atoms with van der Waals surface area (Å²) in [6.45, 7) is 9.30. The molecule has 27 heavy (non-hydrogen) atoms. The van der Waals surface area contributed by atoms with Crippen molar-refractivity contribution in [3.05, 3.63) is 59.2 Å². The largest absolute Gasteiger partial charge is 0.493 e. The lowest BCUT2D eigenvalue weighted by molar-refractivity contribution is -0.127. The molecule has 0 radical (unpaired) electrons. The van der Waals surface area contributed by atoms with Crippen molar-refractivity contribution >= 4 is 5.91 Å². The molecule has 4 nitrogen and oxygen atoms in total. The van der Waals surface area contributed by atoms with Crippen molar-refractivity contribution in [2.75, 3.05) is 13.2 Å². The topological polar surface area (TPSA) is 47.6 Å². The van der Waals surface area contributed by atoms with Crippen molar-refractivity contribution in [3.8, 4) is 11.5 Å². The maximum Gasteiger partial charge on any atom is 0.260 e. The van der Waals surface area contributed by atoms with E-state index in [-0.39, 0.29) is 5.91 Å². The Morgan fingerprint density at radius 2 is 1.89 bits per heavy atom. The average molecular weight is 370 g/mol. The summed E-state index contributed by atoms with van der Waals surface area (Å²) in [4.78, 5) is 12.3. The van der Waals surface area contributed by atoms with Gasteiger partial charge >= 0.3 is 0 Å². The van der Waals surface area contributed by atoms with Crippen molar-refractivity contribution in [3.63, 3.8) is 0 Å². The summed E-state index contributed by atoms with van der Waals surface area (Å²) in [6.07, 6.45) is 2.19. The Labute approximate surface area is 162 Å². The summed E-state index contributed by atoms with van der Waals surface area (Å²) in [5, 5.41) is 2.96. The van der Waals surface area contributed by atoms with E-state index in [1.807, 2.05) is 43.3 Å². The normalized spacial score (nSPS) is 11.7. The fourth-order valence-corrected chi connectivity index (χ4v) is 2.74. The highest BCUT2D eigenvalue weighted by atomic mass is 16.5. The predicted molar refractivity (Wildman–Crippen MR) is 110 cm³/mol. The quantitative estimate of drug-likeness (QED) is 0.622. The molecule has 4 heteroatoms. The lowest BCUT2D eigenvalue weighted by Crippen LogP contribution is -2.37. The van der Waals surface area contributed by atoms with Crippen LogP contribution >= 0.6 is 0 Å². The molecular formula is C23H31NO3. The molecule has 0 aliphatic rings. The third kappa shape index (κ3) is 6.63. The number of rotatable bonds is 10. The first-order valence-corrected chi connectivity index (χ1v) is 9.73. The molecule has 1 amide bonds. The van der Waals surface area contributed by atoms with Gasteiger partial charge in [-0.25, -0.2) is 0 Å². The summed E-state index contributed by atoms with van der Waals surface area (Å²) in [7, 11) is 0. The van der Waals surface area contributed by atoms with Crippen LogP contribution in [0.25, 0.3) is 0 Å². The highest BCUT2D eigenvalue weighted by Gasteiger charge is 2.14. The van der Waals surface area contributed by atoms with Gasteiger partial charge in [-0.1, -0.05) is 31.2 Å². The maximum absolute atomic E-state index is 12.3. The van der Waals surface area contributed by atoms with Crippen LogP contribution in [0.15, 0.2) is 42.5 Å². The molecule has 0 bridgehead atoms. The van der Waals surface area contributed by atoms with Crippen LogP contribution in [-0.2, 0) is 11.2 Å². The van der Waals surface area contributed by atoms with Gasteiger partial charge in [0.05, 0.1) is 6.61 Å². The minimum Gasteiger partial charge on any atom is -0.493 e. The highest BCUT2D eigenvalue weighted by molar-refractivity contribution is 5.80. The molecule has 146 valence electrons. The van der Waals surface area contributed by atoms with Crippen molar-refractivity contribution in [1.29, 1.82) is 0 Å². The Balaban J connectivity index is 1.76. The monoisotopic (exact) mass is 369 g/mol. The van der Waals surface area contributed by atoms with Gasteiger partial charge in [0.1, 0.15) is 11.5 Å². The molecule has 1 atom stereocenters. The number of amides is 1. The minimum atomic E-state index is -0.521. The standard InChI is InChI=1S/C23H31NO3/c1-5-15-26-22-11-7-6-9-20(22)10-8-14-24-23(25)19(4)27-21-13-12-17(2)18(3)16-21/h6-7,9,11-13,16,19H,5,8,10,14-15H2,1-4H3,(H,24,25)/t19-/m0/s1. The molecular weight excluding hydrogens is 338 g/mol. The lowest BCUT2D eigenvalue weighted by atomic mass is 10.1. The highest BCUT2D eigenvalue weighted by Crippen LogP contribution is 2.20. The first kappa shape index (κ1) is 20.8. The van der Waals surface area contributed by atoms with Crippen LogP contribution < -0.4 is 14.8 Å². The van der Waals surface area contributed by atoms with E-state index >= 15 is 0 Å². The summed E-state index contributed by atoms with van der Waals surface area (Å²) in [5.41, 5.74) is 3.55. The zero-order chi connectivity index (χ0) is 19.6. The van der Waals surface area contributed by atoms with E-state index < -0.39 is 6.10 Å². The second-order valence-corrected chi connectivity index (χ2v) is 6.86. The first-order valence-electron chi connectivity index (χ1n) is 9.73. The molecule has 2 rings (SSSR count). The van der Waals surface area contributed by atoms with Crippen LogP contribution in [-0.4, -0.2) is 25.2 Å². The molecule has 0 saturated heterocycles. The molecule has 0 aliphatic carbocycles. The Kier molecular flexibility index (Phi) is 8.18. The number of carbonyl (C=O) groups excluding carboxylic acids is 1. The van der Waals surface area contributed by atoms with E-state index in [0.717, 1.165) is 42.9 Å². The number of hydrogen-bond acceptors (Lipinski definition) is 3. The zero-order valence-corrected chi connectivity index (χ0v) is 16.9. The number of carbonyl (C=O) groups is 1. The van der Waals surface area contributed by atoms with Gasteiger partial charge in [0.2, 0.25) is 0 Å². The number of ether oxygens (including phenoxy) is 2. The number of aryl methyl sites for hydroxylation is 3. The van der Waals surface area contributed by atoms with E-state index in [4.69, 9.17) is 9.47 Å². The van der Waals surface area contributed by atoms with E-state index in [1.54, 1.807) is 6.92 Å². The van der Waals surface area contributed by atoms with Crippen LogP contribution in [0.5, 0.6) is 11.5 Å². The lowest BCUT2D eigenvalue weighted by Gasteiger charge is -2.16. The smallest absolute Gasteiger partial charge is 0.260 e. The van der Waals surface area contributed by atoms with Crippen molar-refractivity contribution in [2.24, 2.45) is 0 Å². The second-order valence-electron chi connectivity index (χ2n) is 6.86.